The molecule has 4 heteroatoms. The molecule has 0 bridgehead atoms. The van der Waals surface area contributed by atoms with Crippen molar-refractivity contribution in [3.05, 3.63) is 11.6 Å². The van der Waals surface area contributed by atoms with Gasteiger partial charge >= 0.3 is 11.9 Å². The van der Waals surface area contributed by atoms with E-state index in [-0.39, 0.29) is 12.3 Å². The van der Waals surface area contributed by atoms with E-state index in [0.29, 0.717) is 12.0 Å². The smallest absolute Gasteiger partial charge is 0.325 e. The van der Waals surface area contributed by atoms with Crippen LogP contribution in [0.25, 0.3) is 0 Å². The first-order valence-corrected chi connectivity index (χ1v) is 5.26. The van der Waals surface area contributed by atoms with Crippen molar-refractivity contribution in [2.45, 2.75) is 32.1 Å². The molecule has 0 spiro atoms. The Morgan fingerprint density at radius 3 is 2.53 bits per heavy atom. The third kappa shape index (κ3) is 1.28. The van der Waals surface area contributed by atoms with E-state index in [1.54, 1.807) is 0 Å². The van der Waals surface area contributed by atoms with E-state index < -0.39 is 17.4 Å². The summed E-state index contributed by atoms with van der Waals surface area (Å²) >= 11 is 0. The largest absolute Gasteiger partial charge is 0.480 e. The quantitative estimate of drug-likeness (QED) is 0.537. The number of carboxylic acid groups (broad SMARTS) is 2. The third-order valence-corrected chi connectivity index (χ3v) is 3.65. The summed E-state index contributed by atoms with van der Waals surface area (Å²) in [5.41, 5.74) is -0.973. The van der Waals surface area contributed by atoms with Crippen molar-refractivity contribution < 1.29 is 19.8 Å². The van der Waals surface area contributed by atoms with E-state index in [2.05, 4.69) is 0 Å². The first kappa shape index (κ1) is 10.2. The van der Waals surface area contributed by atoms with Gasteiger partial charge in [0.05, 0.1) is 0 Å². The van der Waals surface area contributed by atoms with Crippen LogP contribution in [0.4, 0.5) is 0 Å². The lowest BCUT2D eigenvalue weighted by atomic mass is 9.77. The summed E-state index contributed by atoms with van der Waals surface area (Å²) in [7, 11) is 0. The molecule has 2 aliphatic carbocycles. The Labute approximate surface area is 87.6 Å². The predicted octanol–water partition coefficient (Wildman–Crippen LogP) is 1.66. The molecule has 1 unspecified atom stereocenters. The van der Waals surface area contributed by atoms with Crippen LogP contribution in [0.2, 0.25) is 0 Å². The lowest BCUT2D eigenvalue weighted by Crippen LogP contribution is -2.39. The van der Waals surface area contributed by atoms with Gasteiger partial charge in [0.1, 0.15) is 0 Å². The molecule has 4 nitrogen and oxygen atoms in total. The van der Waals surface area contributed by atoms with Crippen molar-refractivity contribution in [2.75, 3.05) is 0 Å². The molecular formula is C11H14O4. The number of hydrogen-bond donors (Lipinski definition) is 2. The van der Waals surface area contributed by atoms with Crippen LogP contribution < -0.4 is 0 Å². The fraction of sp³-hybridized carbons (Fsp3) is 0.636. The zero-order chi connectivity index (χ0) is 11.1. The lowest BCUT2D eigenvalue weighted by molar-refractivity contribution is -0.161. The van der Waals surface area contributed by atoms with Crippen LogP contribution in [-0.2, 0) is 9.59 Å². The number of allylic oxidation sites excluding steroid dienone is 1. The van der Waals surface area contributed by atoms with Crippen LogP contribution in [0.15, 0.2) is 11.6 Å². The molecule has 1 atom stereocenters. The second kappa shape index (κ2) is 3.36. The average Bonchev–Trinajstić information content (AvgIpc) is 2.57. The number of hydrogen-bond acceptors (Lipinski definition) is 2. The standard InChI is InChI=1S/C11H14O4/c12-9(13)11(10(14)15)6-5-7-3-1-2-4-8(7)11/h4,7H,1-3,5-6H2,(H,12,13)(H,14,15). The highest BCUT2D eigenvalue weighted by Crippen LogP contribution is 2.50. The highest BCUT2D eigenvalue weighted by Gasteiger charge is 2.55. The van der Waals surface area contributed by atoms with Gasteiger partial charge in [-0.25, -0.2) is 0 Å². The maximum atomic E-state index is 11.2. The topological polar surface area (TPSA) is 74.6 Å². The highest BCUT2D eigenvalue weighted by molar-refractivity contribution is 6.02. The molecule has 0 aromatic carbocycles. The molecule has 2 aliphatic rings. The van der Waals surface area contributed by atoms with Gasteiger partial charge in [0.2, 0.25) is 0 Å². The van der Waals surface area contributed by atoms with Gasteiger partial charge in [0, 0.05) is 0 Å². The van der Waals surface area contributed by atoms with Gasteiger partial charge in [-0.1, -0.05) is 6.08 Å². The molecule has 1 fully saturated rings. The summed E-state index contributed by atoms with van der Waals surface area (Å²) in [6.45, 7) is 0. The van der Waals surface area contributed by atoms with Gasteiger partial charge in [-0.15, -0.1) is 0 Å². The Balaban J connectivity index is 2.46. The van der Waals surface area contributed by atoms with Crippen LogP contribution in [0.5, 0.6) is 0 Å². The van der Waals surface area contributed by atoms with E-state index in [9.17, 15) is 9.59 Å². The minimum absolute atomic E-state index is 0.186. The number of rotatable bonds is 2. The second-order valence-corrected chi connectivity index (χ2v) is 4.34. The van der Waals surface area contributed by atoms with Crippen LogP contribution in [0, 0.1) is 11.3 Å². The van der Waals surface area contributed by atoms with Crippen LogP contribution in [0.1, 0.15) is 32.1 Å². The zero-order valence-electron chi connectivity index (χ0n) is 8.40. The number of aliphatic carboxylic acids is 2. The minimum Gasteiger partial charge on any atom is -0.480 e. The summed E-state index contributed by atoms with van der Waals surface area (Å²) in [4.78, 5) is 22.4. The molecule has 0 radical (unpaired) electrons. The first-order valence-electron chi connectivity index (χ1n) is 5.26. The summed E-state index contributed by atoms with van der Waals surface area (Å²) in [6.07, 6.45) is 5.58. The van der Waals surface area contributed by atoms with Gasteiger partial charge in [-0.3, -0.25) is 9.59 Å². The molecule has 0 aromatic rings. The fourth-order valence-electron chi connectivity index (χ4n) is 2.85. The van der Waals surface area contributed by atoms with Crippen molar-refractivity contribution >= 4 is 11.9 Å². The SMILES string of the molecule is O=C(O)C1(C(=O)O)CCC2CCCC=C21. The summed E-state index contributed by atoms with van der Waals surface area (Å²) in [6, 6.07) is 0. The van der Waals surface area contributed by atoms with E-state index in [1.165, 1.54) is 0 Å². The van der Waals surface area contributed by atoms with Crippen molar-refractivity contribution in [3.8, 4) is 0 Å². The molecule has 15 heavy (non-hydrogen) atoms. The van der Waals surface area contributed by atoms with Crippen molar-refractivity contribution in [1.29, 1.82) is 0 Å². The molecule has 0 amide bonds. The monoisotopic (exact) mass is 210 g/mol. The Hall–Kier alpha value is -1.32. The Kier molecular flexibility index (Phi) is 2.29. The van der Waals surface area contributed by atoms with E-state index >= 15 is 0 Å². The van der Waals surface area contributed by atoms with Crippen LogP contribution >= 0.6 is 0 Å². The van der Waals surface area contributed by atoms with Gasteiger partial charge < -0.3 is 10.2 Å². The van der Waals surface area contributed by atoms with Gasteiger partial charge in [-0.05, 0) is 43.6 Å². The zero-order valence-corrected chi connectivity index (χ0v) is 8.40. The lowest BCUT2D eigenvalue weighted by Gasteiger charge is -2.25. The Morgan fingerprint density at radius 2 is 1.93 bits per heavy atom. The minimum atomic E-state index is -1.62. The molecular weight excluding hydrogens is 196 g/mol. The maximum Gasteiger partial charge on any atom is 0.325 e. The van der Waals surface area contributed by atoms with Crippen molar-refractivity contribution in [3.63, 3.8) is 0 Å². The molecule has 0 heterocycles. The number of fused-ring (bicyclic) bond motifs is 1. The van der Waals surface area contributed by atoms with Crippen molar-refractivity contribution in [2.24, 2.45) is 11.3 Å². The first-order chi connectivity index (χ1) is 7.09. The van der Waals surface area contributed by atoms with Gasteiger partial charge in [0.25, 0.3) is 0 Å². The second-order valence-electron chi connectivity index (χ2n) is 4.34. The summed E-state index contributed by atoms with van der Waals surface area (Å²) in [5, 5.41) is 18.3. The van der Waals surface area contributed by atoms with Gasteiger partial charge in [-0.2, -0.15) is 0 Å². The Morgan fingerprint density at radius 1 is 1.27 bits per heavy atom. The van der Waals surface area contributed by atoms with E-state index in [0.717, 1.165) is 19.3 Å². The molecule has 2 rings (SSSR count). The highest BCUT2D eigenvalue weighted by atomic mass is 16.4. The molecule has 0 aliphatic heterocycles. The van der Waals surface area contributed by atoms with E-state index in [1.807, 2.05) is 6.08 Å². The van der Waals surface area contributed by atoms with E-state index in [4.69, 9.17) is 10.2 Å². The maximum absolute atomic E-state index is 11.2. The molecule has 0 aromatic heterocycles. The average molecular weight is 210 g/mol. The molecule has 2 N–H and O–H groups in total. The Bertz CT molecular complexity index is 328. The summed E-state index contributed by atoms with van der Waals surface area (Å²) < 4.78 is 0. The normalized spacial score (nSPS) is 28.0. The summed E-state index contributed by atoms with van der Waals surface area (Å²) in [5.74, 6) is -2.22. The number of carboxylic acids is 2. The van der Waals surface area contributed by atoms with Crippen LogP contribution in [-0.4, -0.2) is 22.2 Å². The molecule has 0 saturated heterocycles. The van der Waals surface area contributed by atoms with Gasteiger partial charge in [0.15, 0.2) is 5.41 Å². The van der Waals surface area contributed by atoms with Crippen molar-refractivity contribution in [1.82, 2.24) is 0 Å². The van der Waals surface area contributed by atoms with Crippen LogP contribution in [0.3, 0.4) is 0 Å². The third-order valence-electron chi connectivity index (χ3n) is 3.65. The molecule has 1 saturated carbocycles. The number of carbonyl (C=O) groups is 2. The molecule has 82 valence electrons. The predicted molar refractivity (Wildman–Crippen MR) is 52.4 cm³/mol. The fourth-order valence-corrected chi connectivity index (χ4v) is 2.85.